The Morgan fingerprint density at radius 3 is 2.27 bits per heavy atom. The Balaban J connectivity index is 1.60. The fraction of sp³-hybridized carbons (Fsp3) is 0.0833. The van der Waals surface area contributed by atoms with E-state index in [9.17, 15) is 18.0 Å². The third kappa shape index (κ3) is 4.58. The van der Waals surface area contributed by atoms with Crippen molar-refractivity contribution in [2.24, 2.45) is 0 Å². The Morgan fingerprint density at radius 1 is 0.909 bits per heavy atom. The molecule has 2 amide bonds. The summed E-state index contributed by atoms with van der Waals surface area (Å²) in [5.74, 6) is -0.948. The predicted molar refractivity (Wildman–Crippen MR) is 122 cm³/mol. The number of nitrogens with zero attached hydrogens (tertiary/aromatic N) is 1. The van der Waals surface area contributed by atoms with Gasteiger partial charge in [-0.3, -0.25) is 15.0 Å². The zero-order valence-electron chi connectivity index (χ0n) is 17.8. The van der Waals surface area contributed by atoms with Gasteiger partial charge in [0.05, 0.1) is 12.8 Å². The molecule has 9 heteroatoms. The molecule has 8 nitrogen and oxygen atoms in total. The number of anilines is 1. The smallest absolute Gasteiger partial charge is 0.339 e. The van der Waals surface area contributed by atoms with Gasteiger partial charge in [0.2, 0.25) is 0 Å². The van der Waals surface area contributed by atoms with Crippen molar-refractivity contribution in [3.8, 4) is 11.5 Å². The van der Waals surface area contributed by atoms with Gasteiger partial charge in [0.15, 0.2) is 11.5 Å². The highest BCUT2D eigenvalue weighted by Gasteiger charge is 2.34. The Kier molecular flexibility index (Phi) is 5.89. The van der Waals surface area contributed by atoms with Gasteiger partial charge in [0.25, 0.3) is 11.8 Å². The van der Waals surface area contributed by atoms with E-state index in [-0.39, 0.29) is 22.0 Å². The summed E-state index contributed by atoms with van der Waals surface area (Å²) in [6.45, 7) is 1.85. The second kappa shape index (κ2) is 8.79. The van der Waals surface area contributed by atoms with Gasteiger partial charge >= 0.3 is 10.1 Å². The maximum atomic E-state index is 12.7. The number of carbonyl (C=O) groups excluding carboxylic acids is 2. The number of ether oxygens (including phenoxy) is 1. The monoisotopic (exact) mass is 464 g/mol. The van der Waals surface area contributed by atoms with Crippen LogP contribution in [0, 0.1) is 6.92 Å². The van der Waals surface area contributed by atoms with E-state index in [1.165, 1.54) is 43.5 Å². The number of benzene rings is 3. The summed E-state index contributed by atoms with van der Waals surface area (Å²) in [6.07, 6.45) is 1.40. The van der Waals surface area contributed by atoms with Crippen LogP contribution in [0.15, 0.2) is 83.3 Å². The molecule has 0 radical (unpaired) electrons. The van der Waals surface area contributed by atoms with E-state index in [1.54, 1.807) is 42.5 Å². The van der Waals surface area contributed by atoms with Crippen molar-refractivity contribution in [3.63, 3.8) is 0 Å². The SMILES string of the molecule is COc1cc(/C=C2\C(=O)NN(c3ccccc3)C2=O)ccc1OS(=O)(=O)c1ccc(C)cc1. The second-order valence-corrected chi connectivity index (χ2v) is 8.78. The lowest BCUT2D eigenvalue weighted by Gasteiger charge is -2.14. The Bertz CT molecular complexity index is 1350. The standard InChI is InChI=1S/C24H20N2O6S/c1-16-8-11-19(12-9-16)33(29,30)32-21-13-10-17(15-22(21)31-2)14-20-23(27)25-26(24(20)28)18-6-4-3-5-7-18/h3-15H,1-2H3,(H,25,27)/b20-14+. The summed E-state index contributed by atoms with van der Waals surface area (Å²) in [6, 6.07) is 19.4. The van der Waals surface area contributed by atoms with E-state index in [1.807, 2.05) is 6.92 Å². The van der Waals surface area contributed by atoms with Crippen LogP contribution in [-0.4, -0.2) is 27.3 Å². The minimum absolute atomic E-state index is 0.00979. The molecule has 0 unspecified atom stereocenters. The number of hydrogen-bond acceptors (Lipinski definition) is 6. The highest BCUT2D eigenvalue weighted by molar-refractivity contribution is 7.87. The Hall–Kier alpha value is -4.11. The molecule has 1 fully saturated rings. The van der Waals surface area contributed by atoms with Crippen LogP contribution >= 0.6 is 0 Å². The van der Waals surface area contributed by atoms with Crippen LogP contribution in [0.1, 0.15) is 11.1 Å². The number of amides is 2. The number of hydrazine groups is 1. The van der Waals surface area contributed by atoms with E-state index in [0.717, 1.165) is 10.6 Å². The Morgan fingerprint density at radius 2 is 1.61 bits per heavy atom. The maximum Gasteiger partial charge on any atom is 0.339 e. The van der Waals surface area contributed by atoms with Gasteiger partial charge in [0, 0.05) is 0 Å². The highest BCUT2D eigenvalue weighted by atomic mass is 32.2. The van der Waals surface area contributed by atoms with Crippen LogP contribution < -0.4 is 19.4 Å². The lowest BCUT2D eigenvalue weighted by molar-refractivity contribution is -0.117. The third-order valence-corrected chi connectivity index (χ3v) is 6.16. The van der Waals surface area contributed by atoms with Crippen LogP contribution in [0.2, 0.25) is 0 Å². The van der Waals surface area contributed by atoms with Crippen molar-refractivity contribution in [2.45, 2.75) is 11.8 Å². The minimum atomic E-state index is -4.07. The molecule has 3 aromatic rings. The molecule has 1 heterocycles. The molecule has 3 aromatic carbocycles. The van der Waals surface area contributed by atoms with Gasteiger partial charge in [0.1, 0.15) is 10.5 Å². The quantitative estimate of drug-likeness (QED) is 0.341. The van der Waals surface area contributed by atoms with Crippen LogP contribution in [-0.2, 0) is 19.7 Å². The highest BCUT2D eigenvalue weighted by Crippen LogP contribution is 2.32. The molecule has 1 aliphatic rings. The molecule has 0 atom stereocenters. The van der Waals surface area contributed by atoms with Gasteiger partial charge in [-0.05, 0) is 55.0 Å². The first-order valence-corrected chi connectivity index (χ1v) is 11.3. The molecule has 0 bridgehead atoms. The molecular formula is C24H20N2O6S. The van der Waals surface area contributed by atoms with Crippen LogP contribution in [0.4, 0.5) is 5.69 Å². The van der Waals surface area contributed by atoms with Gasteiger partial charge in [-0.2, -0.15) is 8.42 Å². The third-order valence-electron chi connectivity index (χ3n) is 4.91. The van der Waals surface area contributed by atoms with Crippen molar-refractivity contribution in [1.82, 2.24) is 5.43 Å². The fourth-order valence-corrected chi connectivity index (χ4v) is 4.14. The molecule has 0 aromatic heterocycles. The van der Waals surface area contributed by atoms with Crippen molar-refractivity contribution < 1.29 is 26.9 Å². The van der Waals surface area contributed by atoms with E-state index in [2.05, 4.69) is 5.43 Å². The molecule has 4 rings (SSSR count). The number of rotatable bonds is 6. The number of aryl methyl sites for hydroxylation is 1. The first-order valence-electron chi connectivity index (χ1n) is 9.90. The summed E-state index contributed by atoms with van der Waals surface area (Å²) in [4.78, 5) is 25.1. The van der Waals surface area contributed by atoms with E-state index < -0.39 is 21.9 Å². The number of carbonyl (C=O) groups is 2. The maximum absolute atomic E-state index is 12.7. The van der Waals surface area contributed by atoms with Crippen LogP contribution in [0.5, 0.6) is 11.5 Å². The molecule has 168 valence electrons. The Labute approximate surface area is 191 Å². The largest absolute Gasteiger partial charge is 0.493 e. The van der Waals surface area contributed by atoms with Gasteiger partial charge in [-0.1, -0.05) is 42.0 Å². The first-order chi connectivity index (χ1) is 15.8. The lowest BCUT2D eigenvalue weighted by atomic mass is 10.1. The molecule has 0 spiro atoms. The summed E-state index contributed by atoms with van der Waals surface area (Å²) in [5, 5.41) is 1.16. The van der Waals surface area contributed by atoms with E-state index in [4.69, 9.17) is 8.92 Å². The topological polar surface area (TPSA) is 102 Å². The van der Waals surface area contributed by atoms with E-state index in [0.29, 0.717) is 11.3 Å². The molecule has 1 saturated heterocycles. The summed E-state index contributed by atoms with van der Waals surface area (Å²) in [5.41, 5.74) is 4.36. The minimum Gasteiger partial charge on any atom is -0.493 e. The van der Waals surface area contributed by atoms with Crippen LogP contribution in [0.25, 0.3) is 6.08 Å². The first kappa shape index (κ1) is 22.1. The zero-order chi connectivity index (χ0) is 23.6. The average molecular weight is 464 g/mol. The molecular weight excluding hydrogens is 444 g/mol. The van der Waals surface area contributed by atoms with Crippen molar-refractivity contribution >= 4 is 33.7 Å². The fourth-order valence-electron chi connectivity index (χ4n) is 3.20. The summed E-state index contributed by atoms with van der Waals surface area (Å²) in [7, 11) is -2.71. The number of methoxy groups -OCH3 is 1. The molecule has 33 heavy (non-hydrogen) atoms. The lowest BCUT2D eigenvalue weighted by Crippen LogP contribution is -2.35. The van der Waals surface area contributed by atoms with Crippen molar-refractivity contribution in [1.29, 1.82) is 0 Å². The summed E-state index contributed by atoms with van der Waals surface area (Å²) >= 11 is 0. The zero-order valence-corrected chi connectivity index (χ0v) is 18.6. The number of nitrogens with one attached hydrogen (secondary N) is 1. The number of hydrogen-bond donors (Lipinski definition) is 1. The number of para-hydroxylation sites is 1. The van der Waals surface area contributed by atoms with E-state index >= 15 is 0 Å². The second-order valence-electron chi connectivity index (χ2n) is 7.24. The van der Waals surface area contributed by atoms with Crippen LogP contribution in [0.3, 0.4) is 0 Å². The van der Waals surface area contributed by atoms with Gasteiger partial charge in [-0.15, -0.1) is 0 Å². The van der Waals surface area contributed by atoms with Crippen molar-refractivity contribution in [2.75, 3.05) is 12.1 Å². The molecule has 0 aliphatic carbocycles. The molecule has 1 aliphatic heterocycles. The van der Waals surface area contributed by atoms with Crippen molar-refractivity contribution in [3.05, 3.63) is 89.5 Å². The predicted octanol–water partition coefficient (Wildman–Crippen LogP) is 3.23. The molecule has 0 saturated carbocycles. The average Bonchev–Trinajstić information content (AvgIpc) is 3.09. The normalized spacial score (nSPS) is 15.0. The summed E-state index contributed by atoms with van der Waals surface area (Å²) < 4.78 is 35.8. The van der Waals surface area contributed by atoms with Gasteiger partial charge < -0.3 is 8.92 Å². The molecule has 1 N–H and O–H groups in total. The van der Waals surface area contributed by atoms with Gasteiger partial charge in [-0.25, -0.2) is 5.01 Å².